The van der Waals surface area contributed by atoms with Gasteiger partial charge in [0.1, 0.15) is 5.82 Å². The largest absolute Gasteiger partial charge is 0.378 e. The highest BCUT2D eigenvalue weighted by Crippen LogP contribution is 2.20. The molecular formula is C24H35N5O3. The van der Waals surface area contributed by atoms with Gasteiger partial charge in [0, 0.05) is 69.7 Å². The molecule has 0 saturated carbocycles. The van der Waals surface area contributed by atoms with Gasteiger partial charge in [0.15, 0.2) is 0 Å². The first kappa shape index (κ1) is 23.6. The average Bonchev–Trinajstić information content (AvgIpc) is 2.98. The first-order valence-corrected chi connectivity index (χ1v) is 11.3. The Labute approximate surface area is 189 Å². The molecule has 3 rings (SSSR count). The predicted molar refractivity (Wildman–Crippen MR) is 129 cm³/mol. The van der Waals surface area contributed by atoms with Crippen LogP contribution in [0.3, 0.4) is 0 Å². The van der Waals surface area contributed by atoms with Crippen LogP contribution in [0.1, 0.15) is 56.6 Å². The van der Waals surface area contributed by atoms with Gasteiger partial charge in [0.2, 0.25) is 0 Å². The van der Waals surface area contributed by atoms with Gasteiger partial charge < -0.3 is 14.7 Å². The van der Waals surface area contributed by atoms with E-state index in [1.807, 2.05) is 75.9 Å². The van der Waals surface area contributed by atoms with E-state index >= 15 is 0 Å². The van der Waals surface area contributed by atoms with Crippen molar-refractivity contribution in [2.75, 3.05) is 50.1 Å². The van der Waals surface area contributed by atoms with Crippen LogP contribution in [0.5, 0.6) is 0 Å². The van der Waals surface area contributed by atoms with Crippen molar-refractivity contribution in [3.8, 4) is 0 Å². The first-order chi connectivity index (χ1) is 15.1. The molecule has 2 heterocycles. The van der Waals surface area contributed by atoms with E-state index in [2.05, 4.69) is 4.90 Å². The zero-order valence-corrected chi connectivity index (χ0v) is 20.0. The summed E-state index contributed by atoms with van der Waals surface area (Å²) in [5.41, 5.74) is 1.15. The second-order valence-corrected chi connectivity index (χ2v) is 9.12. The Balaban J connectivity index is 1.84. The maximum absolute atomic E-state index is 13.1. The fourth-order valence-electron chi connectivity index (χ4n) is 4.20. The number of rotatable bonds is 5. The van der Waals surface area contributed by atoms with E-state index in [1.165, 1.54) is 4.57 Å². The molecule has 2 aromatic rings. The normalized spacial score (nSPS) is 14.8. The van der Waals surface area contributed by atoms with Gasteiger partial charge in [-0.1, -0.05) is 0 Å². The second kappa shape index (κ2) is 9.63. The highest BCUT2D eigenvalue weighted by molar-refractivity contribution is 5.94. The second-order valence-electron chi connectivity index (χ2n) is 9.12. The van der Waals surface area contributed by atoms with E-state index in [4.69, 9.17) is 0 Å². The van der Waals surface area contributed by atoms with Crippen molar-refractivity contribution in [1.29, 1.82) is 0 Å². The van der Waals surface area contributed by atoms with Gasteiger partial charge >= 0.3 is 5.69 Å². The van der Waals surface area contributed by atoms with Crippen molar-refractivity contribution in [2.45, 2.75) is 46.2 Å². The van der Waals surface area contributed by atoms with Crippen LogP contribution in [0.4, 0.5) is 11.5 Å². The molecule has 1 fully saturated rings. The van der Waals surface area contributed by atoms with Gasteiger partial charge in [-0.25, -0.2) is 4.79 Å². The van der Waals surface area contributed by atoms with Crippen LogP contribution >= 0.6 is 0 Å². The summed E-state index contributed by atoms with van der Waals surface area (Å²) < 4.78 is 2.99. The fraction of sp³-hybridized carbons (Fsp3) is 0.542. The molecule has 0 radical (unpaired) electrons. The molecule has 32 heavy (non-hydrogen) atoms. The van der Waals surface area contributed by atoms with Gasteiger partial charge in [-0.2, -0.15) is 0 Å². The van der Waals surface area contributed by atoms with E-state index in [1.54, 1.807) is 10.6 Å². The minimum atomic E-state index is -0.282. The zero-order chi connectivity index (χ0) is 23.6. The topological polar surface area (TPSA) is 70.8 Å². The molecule has 1 aromatic heterocycles. The number of anilines is 2. The number of hydrogen-bond acceptors (Lipinski definition) is 5. The SMILES string of the molecule is CC(C)n1c(N2CCCN(C(=O)c3ccc(N(C)C)cc3)CC2)cc(=O)n(C(C)C)c1=O. The molecule has 1 amide bonds. The number of amides is 1. The van der Waals surface area contributed by atoms with Gasteiger partial charge in [-0.15, -0.1) is 0 Å². The quantitative estimate of drug-likeness (QED) is 0.713. The van der Waals surface area contributed by atoms with Crippen molar-refractivity contribution in [3.63, 3.8) is 0 Å². The third-order valence-electron chi connectivity index (χ3n) is 5.92. The molecule has 1 aliphatic heterocycles. The third-order valence-corrected chi connectivity index (χ3v) is 5.92. The highest BCUT2D eigenvalue weighted by atomic mass is 16.2. The van der Waals surface area contributed by atoms with Crippen molar-refractivity contribution >= 4 is 17.4 Å². The van der Waals surface area contributed by atoms with Crippen LogP contribution < -0.4 is 21.0 Å². The Hall–Kier alpha value is -3.03. The fourth-order valence-corrected chi connectivity index (χ4v) is 4.20. The van der Waals surface area contributed by atoms with Crippen LogP contribution in [0, 0.1) is 0 Å². The molecule has 8 heteroatoms. The molecular weight excluding hydrogens is 406 g/mol. The van der Waals surface area contributed by atoms with Crippen LogP contribution in [-0.4, -0.2) is 60.2 Å². The number of carbonyl (C=O) groups excluding carboxylic acids is 1. The molecule has 8 nitrogen and oxygen atoms in total. The van der Waals surface area contributed by atoms with Gasteiger partial charge in [0.05, 0.1) is 0 Å². The highest BCUT2D eigenvalue weighted by Gasteiger charge is 2.24. The Morgan fingerprint density at radius 3 is 2.06 bits per heavy atom. The molecule has 0 atom stereocenters. The van der Waals surface area contributed by atoms with Crippen LogP contribution in [0.25, 0.3) is 0 Å². The van der Waals surface area contributed by atoms with E-state index in [9.17, 15) is 14.4 Å². The number of benzene rings is 1. The van der Waals surface area contributed by atoms with Gasteiger partial charge in [-0.3, -0.25) is 18.7 Å². The molecule has 174 valence electrons. The zero-order valence-electron chi connectivity index (χ0n) is 20.0. The molecule has 0 N–H and O–H groups in total. The average molecular weight is 442 g/mol. The summed E-state index contributed by atoms with van der Waals surface area (Å²) in [4.78, 5) is 44.8. The predicted octanol–water partition coefficient (Wildman–Crippen LogP) is 2.59. The summed E-state index contributed by atoms with van der Waals surface area (Å²) in [6, 6.07) is 8.90. The van der Waals surface area contributed by atoms with Crippen LogP contribution in [0.15, 0.2) is 39.9 Å². The molecule has 0 bridgehead atoms. The first-order valence-electron chi connectivity index (χ1n) is 11.3. The lowest BCUT2D eigenvalue weighted by Gasteiger charge is -2.29. The van der Waals surface area contributed by atoms with E-state index in [0.717, 1.165) is 12.1 Å². The van der Waals surface area contributed by atoms with E-state index in [0.29, 0.717) is 37.6 Å². The summed E-state index contributed by atoms with van der Waals surface area (Å²) in [5.74, 6) is 0.644. The molecule has 1 aliphatic rings. The van der Waals surface area contributed by atoms with Crippen molar-refractivity contribution in [1.82, 2.24) is 14.0 Å². The van der Waals surface area contributed by atoms with E-state index < -0.39 is 0 Å². The minimum Gasteiger partial charge on any atom is -0.378 e. The third kappa shape index (κ3) is 4.74. The maximum atomic E-state index is 13.1. The van der Waals surface area contributed by atoms with Crippen molar-refractivity contribution < 1.29 is 4.79 Å². The summed E-state index contributed by atoms with van der Waals surface area (Å²) in [7, 11) is 3.94. The number of aromatic nitrogens is 2. The molecule has 0 aliphatic carbocycles. The number of hydrogen-bond donors (Lipinski definition) is 0. The Morgan fingerprint density at radius 1 is 0.875 bits per heavy atom. The summed E-state index contributed by atoms with van der Waals surface area (Å²) in [5, 5.41) is 0. The number of nitrogens with zero attached hydrogens (tertiary/aromatic N) is 5. The Morgan fingerprint density at radius 2 is 1.50 bits per heavy atom. The van der Waals surface area contributed by atoms with Crippen molar-refractivity contribution in [3.05, 3.63) is 56.7 Å². The number of carbonyl (C=O) groups is 1. The standard InChI is InChI=1S/C24H35N5O3/c1-17(2)28-21(16-22(30)29(18(3)4)24(28)32)26-12-7-13-27(15-14-26)23(31)19-8-10-20(11-9-19)25(5)6/h8-11,16-18H,7,12-15H2,1-6H3. The monoisotopic (exact) mass is 441 g/mol. The minimum absolute atomic E-state index is 0.00799. The van der Waals surface area contributed by atoms with Gasteiger partial charge in [0.25, 0.3) is 11.5 Å². The van der Waals surface area contributed by atoms with Gasteiger partial charge in [-0.05, 0) is 58.4 Å². The lowest BCUT2D eigenvalue weighted by Crippen LogP contribution is -2.45. The summed E-state index contributed by atoms with van der Waals surface area (Å²) in [6.45, 7) is 10.0. The lowest BCUT2D eigenvalue weighted by molar-refractivity contribution is 0.0767. The smallest absolute Gasteiger partial charge is 0.333 e. The summed E-state index contributed by atoms with van der Waals surface area (Å²) in [6.07, 6.45) is 0.765. The molecule has 0 unspecified atom stereocenters. The lowest BCUT2D eigenvalue weighted by atomic mass is 10.1. The Bertz CT molecular complexity index is 1070. The Kier molecular flexibility index (Phi) is 7.11. The molecule has 1 saturated heterocycles. The van der Waals surface area contributed by atoms with Crippen molar-refractivity contribution in [2.24, 2.45) is 0 Å². The summed E-state index contributed by atoms with van der Waals surface area (Å²) >= 11 is 0. The van der Waals surface area contributed by atoms with E-state index in [-0.39, 0.29) is 29.2 Å². The maximum Gasteiger partial charge on any atom is 0.333 e. The molecule has 1 aromatic carbocycles. The van der Waals surface area contributed by atoms with Crippen LogP contribution in [0.2, 0.25) is 0 Å². The molecule has 0 spiro atoms. The van der Waals surface area contributed by atoms with Crippen LogP contribution in [-0.2, 0) is 0 Å².